The molecule has 1 saturated heterocycles. The van der Waals surface area contributed by atoms with Gasteiger partial charge < -0.3 is 24.8 Å². The second kappa shape index (κ2) is 12.6. The van der Waals surface area contributed by atoms with Gasteiger partial charge in [-0.2, -0.15) is 0 Å². The lowest BCUT2D eigenvalue weighted by molar-refractivity contribution is 0.0187. The van der Waals surface area contributed by atoms with Crippen LogP contribution in [0, 0.1) is 6.92 Å². The van der Waals surface area contributed by atoms with E-state index >= 15 is 0 Å². The molecule has 4 rings (SSSR count). The summed E-state index contributed by atoms with van der Waals surface area (Å²) >= 11 is 1.85. The zero-order chi connectivity index (χ0) is 21.5. The average Bonchev–Trinajstić information content (AvgIpc) is 3.07. The first kappa shape index (κ1) is 25.1. The first-order chi connectivity index (χ1) is 15.2. The minimum Gasteiger partial charge on any atom is -0.490 e. The highest BCUT2D eigenvalue weighted by Gasteiger charge is 2.24. The smallest absolute Gasteiger partial charge is 0.195 e. The third kappa shape index (κ3) is 6.72. The van der Waals surface area contributed by atoms with Gasteiger partial charge in [0.25, 0.3) is 0 Å². The van der Waals surface area contributed by atoms with Gasteiger partial charge in [0, 0.05) is 47.6 Å². The molecule has 0 amide bonds. The van der Waals surface area contributed by atoms with Gasteiger partial charge in [-0.3, -0.25) is 9.89 Å². The monoisotopic (exact) mass is 572 g/mol. The number of thiophene rings is 1. The second-order valence-electron chi connectivity index (χ2n) is 7.67. The standard InChI is InChI=1S/C23H32N4O3S.HI/c1-3-24-23(26-18-6-7-20-21(15-18)30-12-4-11-29-20)25-16-19(22-8-5-17(2)31-22)27-9-13-28-14-10-27;/h5-8,15,19H,3-4,9-14,16H2,1-2H3,(H2,24,25,26);1H. The Balaban J connectivity index is 0.00000289. The minimum atomic E-state index is 0. The topological polar surface area (TPSA) is 67.4 Å². The fourth-order valence-electron chi connectivity index (χ4n) is 3.77. The molecule has 0 aliphatic carbocycles. The van der Waals surface area contributed by atoms with Gasteiger partial charge in [-0.25, -0.2) is 0 Å². The number of aliphatic imine (C=N–C) groups is 1. The summed E-state index contributed by atoms with van der Waals surface area (Å²) in [5.74, 6) is 2.34. The molecule has 7 nitrogen and oxygen atoms in total. The SMILES string of the molecule is CCNC(=NCC(c1ccc(C)s1)N1CCOCC1)Nc1ccc2c(c1)OCCCO2.I. The van der Waals surface area contributed by atoms with Gasteiger partial charge >= 0.3 is 0 Å². The normalized spacial score (nSPS) is 17.8. The fourth-order valence-corrected chi connectivity index (χ4v) is 4.77. The molecule has 1 aromatic heterocycles. The lowest BCUT2D eigenvalue weighted by Gasteiger charge is -2.33. The third-order valence-corrected chi connectivity index (χ3v) is 6.45. The van der Waals surface area contributed by atoms with Crippen molar-refractivity contribution in [2.75, 3.05) is 57.9 Å². The Morgan fingerprint density at radius 1 is 1.09 bits per heavy atom. The number of morpholine rings is 1. The zero-order valence-corrected chi connectivity index (χ0v) is 21.9. The Morgan fingerprint density at radius 3 is 2.59 bits per heavy atom. The van der Waals surface area contributed by atoms with Gasteiger partial charge in [-0.15, -0.1) is 35.3 Å². The third-order valence-electron chi connectivity index (χ3n) is 5.35. The van der Waals surface area contributed by atoms with Crippen LogP contribution in [0.1, 0.15) is 29.1 Å². The van der Waals surface area contributed by atoms with Crippen LogP contribution in [0.15, 0.2) is 35.3 Å². The van der Waals surface area contributed by atoms with Crippen molar-refractivity contribution in [1.29, 1.82) is 0 Å². The van der Waals surface area contributed by atoms with Crippen LogP contribution in [-0.2, 0) is 4.74 Å². The van der Waals surface area contributed by atoms with Crippen molar-refractivity contribution in [2.45, 2.75) is 26.3 Å². The molecule has 1 aromatic carbocycles. The number of hydrogen-bond donors (Lipinski definition) is 2. The fraction of sp³-hybridized carbons (Fsp3) is 0.522. The molecule has 32 heavy (non-hydrogen) atoms. The number of ether oxygens (including phenoxy) is 3. The number of aryl methyl sites for hydroxylation is 1. The van der Waals surface area contributed by atoms with Crippen molar-refractivity contribution < 1.29 is 14.2 Å². The Labute approximate surface area is 211 Å². The molecule has 2 N–H and O–H groups in total. The van der Waals surface area contributed by atoms with E-state index in [1.807, 2.05) is 29.5 Å². The van der Waals surface area contributed by atoms with E-state index in [9.17, 15) is 0 Å². The summed E-state index contributed by atoms with van der Waals surface area (Å²) in [7, 11) is 0. The first-order valence-electron chi connectivity index (χ1n) is 11.1. The van der Waals surface area contributed by atoms with Crippen LogP contribution in [0.4, 0.5) is 5.69 Å². The summed E-state index contributed by atoms with van der Waals surface area (Å²) in [6, 6.07) is 10.6. The van der Waals surface area contributed by atoms with Crippen molar-refractivity contribution in [3.05, 3.63) is 40.1 Å². The van der Waals surface area contributed by atoms with E-state index in [2.05, 4.69) is 41.5 Å². The molecule has 9 heteroatoms. The molecule has 1 unspecified atom stereocenters. The number of benzene rings is 1. The molecular formula is C23H33IN4O3S. The molecule has 2 aliphatic heterocycles. The second-order valence-corrected chi connectivity index (χ2v) is 8.99. The van der Waals surface area contributed by atoms with Crippen LogP contribution >= 0.6 is 35.3 Å². The Hall–Kier alpha value is -1.56. The number of fused-ring (bicyclic) bond motifs is 1. The average molecular weight is 573 g/mol. The number of nitrogens with zero attached hydrogens (tertiary/aromatic N) is 2. The highest BCUT2D eigenvalue weighted by atomic mass is 127. The maximum absolute atomic E-state index is 5.83. The number of rotatable bonds is 6. The Bertz CT molecular complexity index is 886. The highest BCUT2D eigenvalue weighted by Crippen LogP contribution is 2.32. The summed E-state index contributed by atoms with van der Waals surface area (Å²) in [5.41, 5.74) is 0.929. The van der Waals surface area contributed by atoms with E-state index in [1.54, 1.807) is 0 Å². The first-order valence-corrected chi connectivity index (χ1v) is 11.9. The zero-order valence-electron chi connectivity index (χ0n) is 18.8. The highest BCUT2D eigenvalue weighted by molar-refractivity contribution is 14.0. The van der Waals surface area contributed by atoms with Crippen LogP contribution in [0.25, 0.3) is 0 Å². The number of guanidine groups is 1. The van der Waals surface area contributed by atoms with Crippen molar-refractivity contribution >= 4 is 47.0 Å². The maximum atomic E-state index is 5.83. The van der Waals surface area contributed by atoms with Crippen molar-refractivity contribution in [3.8, 4) is 11.5 Å². The summed E-state index contributed by atoms with van der Waals surface area (Å²) in [6.07, 6.45) is 0.895. The van der Waals surface area contributed by atoms with Crippen LogP contribution in [0.3, 0.4) is 0 Å². The van der Waals surface area contributed by atoms with Crippen LogP contribution in [0.2, 0.25) is 0 Å². The van der Waals surface area contributed by atoms with Gasteiger partial charge in [-0.1, -0.05) is 0 Å². The van der Waals surface area contributed by atoms with Gasteiger partial charge in [0.2, 0.25) is 0 Å². The molecule has 2 aliphatic rings. The molecule has 0 spiro atoms. The van der Waals surface area contributed by atoms with Gasteiger partial charge in [0.05, 0.1) is 39.0 Å². The predicted molar refractivity (Wildman–Crippen MR) is 141 cm³/mol. The van der Waals surface area contributed by atoms with Crippen LogP contribution in [0.5, 0.6) is 11.5 Å². The molecule has 0 saturated carbocycles. The largest absolute Gasteiger partial charge is 0.490 e. The minimum absolute atomic E-state index is 0. The van der Waals surface area contributed by atoms with E-state index in [-0.39, 0.29) is 30.0 Å². The quantitative estimate of drug-likeness (QED) is 0.306. The summed E-state index contributed by atoms with van der Waals surface area (Å²) in [5, 5.41) is 6.79. The van der Waals surface area contributed by atoms with Crippen molar-refractivity contribution in [3.63, 3.8) is 0 Å². The summed E-state index contributed by atoms with van der Waals surface area (Å²) in [6.45, 7) is 10.5. The molecule has 1 atom stereocenters. The molecule has 1 fully saturated rings. The summed E-state index contributed by atoms with van der Waals surface area (Å²) < 4.78 is 17.1. The molecule has 0 radical (unpaired) electrons. The Morgan fingerprint density at radius 2 is 1.88 bits per heavy atom. The number of anilines is 1. The van der Waals surface area contributed by atoms with Crippen molar-refractivity contribution in [1.82, 2.24) is 10.2 Å². The molecule has 3 heterocycles. The van der Waals surface area contributed by atoms with E-state index in [0.29, 0.717) is 19.8 Å². The molecule has 2 aromatic rings. The lowest BCUT2D eigenvalue weighted by atomic mass is 10.2. The van der Waals surface area contributed by atoms with Crippen LogP contribution < -0.4 is 20.1 Å². The van der Waals surface area contributed by atoms with Gasteiger partial charge in [0.15, 0.2) is 17.5 Å². The molecule has 0 bridgehead atoms. The van der Waals surface area contributed by atoms with Crippen LogP contribution in [-0.4, -0.2) is 63.5 Å². The lowest BCUT2D eigenvalue weighted by Crippen LogP contribution is -2.40. The number of halogens is 1. The van der Waals surface area contributed by atoms with E-state index in [0.717, 1.165) is 62.4 Å². The molecule has 176 valence electrons. The Kier molecular flexibility index (Phi) is 9.89. The van der Waals surface area contributed by atoms with E-state index < -0.39 is 0 Å². The van der Waals surface area contributed by atoms with E-state index in [1.165, 1.54) is 9.75 Å². The predicted octanol–water partition coefficient (Wildman–Crippen LogP) is 4.29. The van der Waals surface area contributed by atoms with Crippen molar-refractivity contribution in [2.24, 2.45) is 4.99 Å². The number of nitrogens with one attached hydrogen (secondary N) is 2. The van der Waals surface area contributed by atoms with Gasteiger partial charge in [-0.05, 0) is 38.1 Å². The summed E-state index contributed by atoms with van der Waals surface area (Å²) in [4.78, 5) is 10.1. The number of hydrogen-bond acceptors (Lipinski definition) is 6. The molecular weight excluding hydrogens is 539 g/mol. The van der Waals surface area contributed by atoms with E-state index in [4.69, 9.17) is 19.2 Å². The maximum Gasteiger partial charge on any atom is 0.195 e. The van der Waals surface area contributed by atoms with Gasteiger partial charge in [0.1, 0.15) is 0 Å².